The van der Waals surface area contributed by atoms with Gasteiger partial charge in [0.05, 0.1) is 0 Å². The molecule has 0 spiro atoms. The molecule has 2 aromatic heterocycles. The SMILES string of the molecule is CC(CN)N(C)c1nc2cccnc2o1. The van der Waals surface area contributed by atoms with Gasteiger partial charge in [-0.1, -0.05) is 0 Å². The van der Waals surface area contributed by atoms with Gasteiger partial charge in [0.2, 0.25) is 5.71 Å². The summed E-state index contributed by atoms with van der Waals surface area (Å²) in [5, 5.41) is 0. The van der Waals surface area contributed by atoms with Crippen LogP contribution >= 0.6 is 0 Å². The normalized spacial score (nSPS) is 13.0. The van der Waals surface area contributed by atoms with Crippen molar-refractivity contribution < 1.29 is 4.42 Å². The second-order valence-corrected chi connectivity index (χ2v) is 3.52. The van der Waals surface area contributed by atoms with Gasteiger partial charge in [0, 0.05) is 25.8 Å². The van der Waals surface area contributed by atoms with Crippen LogP contribution in [0.15, 0.2) is 22.7 Å². The predicted octanol–water partition coefficient (Wildman–Crippen LogP) is 1.01. The molecule has 0 aliphatic carbocycles. The van der Waals surface area contributed by atoms with E-state index in [2.05, 4.69) is 9.97 Å². The third-order valence-electron chi connectivity index (χ3n) is 2.46. The van der Waals surface area contributed by atoms with Crippen molar-refractivity contribution in [3.8, 4) is 0 Å². The number of nitrogens with zero attached hydrogens (tertiary/aromatic N) is 3. The lowest BCUT2D eigenvalue weighted by molar-refractivity contribution is 0.545. The smallest absolute Gasteiger partial charge is 0.299 e. The second kappa shape index (κ2) is 3.86. The number of hydrogen-bond donors (Lipinski definition) is 1. The molecule has 0 aliphatic rings. The van der Waals surface area contributed by atoms with Gasteiger partial charge in [-0.05, 0) is 19.1 Å². The lowest BCUT2D eigenvalue weighted by Gasteiger charge is -2.20. The lowest BCUT2D eigenvalue weighted by atomic mass is 10.3. The molecule has 5 nitrogen and oxygen atoms in total. The third kappa shape index (κ3) is 1.78. The number of anilines is 1. The van der Waals surface area contributed by atoms with Gasteiger partial charge in [0.25, 0.3) is 6.01 Å². The van der Waals surface area contributed by atoms with Crippen LogP contribution in [0.25, 0.3) is 11.2 Å². The molecule has 2 aromatic rings. The van der Waals surface area contributed by atoms with Crippen molar-refractivity contribution in [1.82, 2.24) is 9.97 Å². The zero-order chi connectivity index (χ0) is 10.8. The van der Waals surface area contributed by atoms with Gasteiger partial charge in [0.1, 0.15) is 5.52 Å². The Kier molecular flexibility index (Phi) is 2.55. The molecular weight excluding hydrogens is 192 g/mol. The predicted molar refractivity (Wildman–Crippen MR) is 58.7 cm³/mol. The number of aromatic nitrogens is 2. The van der Waals surface area contributed by atoms with Crippen molar-refractivity contribution in [3.05, 3.63) is 18.3 Å². The Morgan fingerprint density at radius 1 is 1.60 bits per heavy atom. The number of likely N-dealkylation sites (N-methyl/N-ethyl adjacent to an activating group) is 1. The molecule has 0 amide bonds. The van der Waals surface area contributed by atoms with E-state index < -0.39 is 0 Å². The van der Waals surface area contributed by atoms with Crippen LogP contribution in [0, 0.1) is 0 Å². The highest BCUT2D eigenvalue weighted by Crippen LogP contribution is 2.19. The number of rotatable bonds is 3. The monoisotopic (exact) mass is 206 g/mol. The molecule has 0 radical (unpaired) electrons. The first-order valence-electron chi connectivity index (χ1n) is 4.87. The fraction of sp³-hybridized carbons (Fsp3) is 0.400. The first-order chi connectivity index (χ1) is 7.22. The molecule has 1 atom stereocenters. The molecule has 2 heterocycles. The standard InChI is InChI=1S/C10H14N4O/c1-7(6-11)14(2)10-13-8-4-3-5-12-9(8)15-10/h3-5,7H,6,11H2,1-2H3. The molecule has 2 rings (SSSR count). The fourth-order valence-electron chi connectivity index (χ4n) is 1.26. The molecule has 0 fully saturated rings. The number of hydrogen-bond acceptors (Lipinski definition) is 5. The maximum Gasteiger partial charge on any atom is 0.299 e. The Bertz CT molecular complexity index is 420. The molecule has 0 aliphatic heterocycles. The van der Waals surface area contributed by atoms with Crippen LogP contribution in [0.4, 0.5) is 6.01 Å². The van der Waals surface area contributed by atoms with Crippen molar-refractivity contribution in [2.45, 2.75) is 13.0 Å². The highest BCUT2D eigenvalue weighted by molar-refractivity contribution is 5.69. The number of fused-ring (bicyclic) bond motifs is 1. The average molecular weight is 206 g/mol. The van der Waals surface area contributed by atoms with Crippen molar-refractivity contribution in [1.29, 1.82) is 0 Å². The van der Waals surface area contributed by atoms with Gasteiger partial charge < -0.3 is 15.1 Å². The van der Waals surface area contributed by atoms with Gasteiger partial charge in [0.15, 0.2) is 0 Å². The van der Waals surface area contributed by atoms with Crippen LogP contribution in [-0.4, -0.2) is 29.6 Å². The van der Waals surface area contributed by atoms with E-state index in [1.807, 2.05) is 31.0 Å². The van der Waals surface area contributed by atoms with Crippen LogP contribution in [0.1, 0.15) is 6.92 Å². The molecule has 0 saturated carbocycles. The van der Waals surface area contributed by atoms with Gasteiger partial charge >= 0.3 is 0 Å². The summed E-state index contributed by atoms with van der Waals surface area (Å²) in [7, 11) is 1.90. The summed E-state index contributed by atoms with van der Waals surface area (Å²) in [6.07, 6.45) is 1.68. The van der Waals surface area contributed by atoms with Crippen molar-refractivity contribution in [3.63, 3.8) is 0 Å². The van der Waals surface area contributed by atoms with Gasteiger partial charge in [-0.2, -0.15) is 4.98 Å². The molecule has 2 N–H and O–H groups in total. The number of pyridine rings is 1. The minimum Gasteiger partial charge on any atom is -0.404 e. The largest absolute Gasteiger partial charge is 0.404 e. The topological polar surface area (TPSA) is 68.2 Å². The maximum atomic E-state index is 5.58. The average Bonchev–Trinajstić information content (AvgIpc) is 2.70. The summed E-state index contributed by atoms with van der Waals surface area (Å²) >= 11 is 0. The Morgan fingerprint density at radius 2 is 2.40 bits per heavy atom. The van der Waals surface area contributed by atoms with E-state index in [9.17, 15) is 0 Å². The Balaban J connectivity index is 2.36. The van der Waals surface area contributed by atoms with Gasteiger partial charge in [-0.25, -0.2) is 4.98 Å². The van der Waals surface area contributed by atoms with E-state index in [1.165, 1.54) is 0 Å². The van der Waals surface area contributed by atoms with E-state index in [0.717, 1.165) is 5.52 Å². The van der Waals surface area contributed by atoms with E-state index in [-0.39, 0.29) is 6.04 Å². The molecule has 0 aromatic carbocycles. The molecule has 15 heavy (non-hydrogen) atoms. The molecule has 0 bridgehead atoms. The quantitative estimate of drug-likeness (QED) is 0.811. The fourth-order valence-corrected chi connectivity index (χ4v) is 1.26. The van der Waals surface area contributed by atoms with Crippen molar-refractivity contribution in [2.75, 3.05) is 18.5 Å². The first-order valence-corrected chi connectivity index (χ1v) is 4.87. The highest BCUT2D eigenvalue weighted by atomic mass is 16.4. The first kappa shape index (κ1) is 9.92. The Labute approximate surface area is 87.9 Å². The van der Waals surface area contributed by atoms with Gasteiger partial charge in [-0.15, -0.1) is 0 Å². The van der Waals surface area contributed by atoms with E-state index in [4.69, 9.17) is 10.2 Å². The zero-order valence-corrected chi connectivity index (χ0v) is 8.84. The Hall–Kier alpha value is -1.62. The van der Waals surface area contributed by atoms with Crippen LogP contribution in [-0.2, 0) is 0 Å². The van der Waals surface area contributed by atoms with Crippen molar-refractivity contribution in [2.24, 2.45) is 5.73 Å². The summed E-state index contributed by atoms with van der Waals surface area (Å²) in [6, 6.07) is 4.46. The second-order valence-electron chi connectivity index (χ2n) is 3.52. The van der Waals surface area contributed by atoms with E-state index >= 15 is 0 Å². The summed E-state index contributed by atoms with van der Waals surface area (Å²) in [5.41, 5.74) is 6.90. The zero-order valence-electron chi connectivity index (χ0n) is 8.84. The van der Waals surface area contributed by atoms with E-state index in [0.29, 0.717) is 18.3 Å². The van der Waals surface area contributed by atoms with Crippen LogP contribution in [0.3, 0.4) is 0 Å². The van der Waals surface area contributed by atoms with Crippen LogP contribution in [0.5, 0.6) is 0 Å². The van der Waals surface area contributed by atoms with Crippen LogP contribution in [0.2, 0.25) is 0 Å². The van der Waals surface area contributed by atoms with Gasteiger partial charge in [-0.3, -0.25) is 0 Å². The molecule has 0 saturated heterocycles. The number of nitrogens with two attached hydrogens (primary N) is 1. The summed E-state index contributed by atoms with van der Waals surface area (Å²) in [6.45, 7) is 2.57. The highest BCUT2D eigenvalue weighted by Gasteiger charge is 2.14. The maximum absolute atomic E-state index is 5.58. The molecular formula is C10H14N4O. The molecule has 80 valence electrons. The summed E-state index contributed by atoms with van der Waals surface area (Å²) in [4.78, 5) is 10.3. The summed E-state index contributed by atoms with van der Waals surface area (Å²) in [5.74, 6) is 0. The molecule has 1 unspecified atom stereocenters. The minimum atomic E-state index is 0.193. The third-order valence-corrected chi connectivity index (χ3v) is 2.46. The number of oxazole rings is 1. The van der Waals surface area contributed by atoms with Crippen molar-refractivity contribution >= 4 is 17.2 Å². The van der Waals surface area contributed by atoms with Crippen LogP contribution < -0.4 is 10.6 Å². The summed E-state index contributed by atoms with van der Waals surface area (Å²) < 4.78 is 5.50. The van der Waals surface area contributed by atoms with E-state index in [1.54, 1.807) is 6.20 Å². The minimum absolute atomic E-state index is 0.193. The lowest BCUT2D eigenvalue weighted by Crippen LogP contribution is -2.35. The molecule has 5 heteroatoms. The Morgan fingerprint density at radius 3 is 3.07 bits per heavy atom.